The van der Waals surface area contributed by atoms with Crippen LogP contribution in [0.2, 0.25) is 0 Å². The lowest BCUT2D eigenvalue weighted by Crippen LogP contribution is -2.30. The van der Waals surface area contributed by atoms with Crippen LogP contribution in [0.5, 0.6) is 0 Å². The Morgan fingerprint density at radius 3 is 2.61 bits per heavy atom. The molecule has 0 saturated carbocycles. The summed E-state index contributed by atoms with van der Waals surface area (Å²) in [6, 6.07) is 4.02. The van der Waals surface area contributed by atoms with Gasteiger partial charge in [-0.25, -0.2) is 0 Å². The molecule has 0 aliphatic rings. The summed E-state index contributed by atoms with van der Waals surface area (Å²) in [6.07, 6.45) is 1.23. The first-order valence-electron chi connectivity index (χ1n) is 8.39. The van der Waals surface area contributed by atoms with E-state index < -0.39 is 0 Å². The zero-order chi connectivity index (χ0) is 16.8. The third-order valence-corrected chi connectivity index (χ3v) is 4.36. The van der Waals surface area contributed by atoms with Crippen molar-refractivity contribution < 1.29 is 9.32 Å². The monoisotopic (exact) mass is 317 g/mol. The van der Waals surface area contributed by atoms with E-state index in [1.807, 2.05) is 19.1 Å². The fourth-order valence-corrected chi connectivity index (χ4v) is 2.66. The molecule has 0 bridgehead atoms. The number of carbonyl (C=O) groups is 1. The molecule has 1 N–H and O–H groups in total. The number of hydrogen-bond acceptors (Lipinski definition) is 4. The standard InChI is InChI=1S/C18H27N3O2/c1-5-21(6-2)9-7-8-19-18(22)12-16-15-10-13(3)14(4)11-17(15)23-20-16/h10-11H,5-9,12H2,1-4H3,(H,19,22). The average molecular weight is 317 g/mol. The molecule has 23 heavy (non-hydrogen) atoms. The third-order valence-electron chi connectivity index (χ3n) is 4.36. The molecule has 126 valence electrons. The molecule has 0 aliphatic heterocycles. The summed E-state index contributed by atoms with van der Waals surface area (Å²) in [5.74, 6) is -0.00187. The Hall–Kier alpha value is -1.88. The number of hydrogen-bond donors (Lipinski definition) is 1. The summed E-state index contributed by atoms with van der Waals surface area (Å²) >= 11 is 0. The second-order valence-electron chi connectivity index (χ2n) is 5.97. The molecule has 1 aromatic carbocycles. The predicted molar refractivity (Wildman–Crippen MR) is 92.6 cm³/mol. The molecule has 0 unspecified atom stereocenters. The Labute approximate surface area is 138 Å². The number of carbonyl (C=O) groups excluding carboxylic acids is 1. The van der Waals surface area contributed by atoms with E-state index in [9.17, 15) is 4.79 Å². The van der Waals surface area contributed by atoms with Crippen LogP contribution < -0.4 is 5.32 Å². The van der Waals surface area contributed by atoms with Gasteiger partial charge >= 0.3 is 0 Å². The largest absolute Gasteiger partial charge is 0.356 e. The van der Waals surface area contributed by atoms with Gasteiger partial charge in [0.05, 0.1) is 6.42 Å². The minimum Gasteiger partial charge on any atom is -0.356 e. The number of benzene rings is 1. The van der Waals surface area contributed by atoms with Crippen molar-refractivity contribution in [3.05, 3.63) is 29.0 Å². The highest BCUT2D eigenvalue weighted by Gasteiger charge is 2.13. The Morgan fingerprint density at radius 2 is 1.91 bits per heavy atom. The highest BCUT2D eigenvalue weighted by Crippen LogP contribution is 2.22. The quantitative estimate of drug-likeness (QED) is 0.761. The molecule has 2 aromatic rings. The van der Waals surface area contributed by atoms with Crippen LogP contribution in [0.15, 0.2) is 16.7 Å². The molecule has 0 atom stereocenters. The maximum Gasteiger partial charge on any atom is 0.226 e. The van der Waals surface area contributed by atoms with Gasteiger partial charge in [0.2, 0.25) is 5.91 Å². The normalized spacial score (nSPS) is 11.3. The summed E-state index contributed by atoms with van der Waals surface area (Å²) < 4.78 is 5.34. The topological polar surface area (TPSA) is 58.4 Å². The maximum absolute atomic E-state index is 12.1. The summed E-state index contributed by atoms with van der Waals surface area (Å²) in [5, 5.41) is 7.96. The molecule has 1 heterocycles. The van der Waals surface area contributed by atoms with Crippen LogP contribution in [-0.4, -0.2) is 42.1 Å². The van der Waals surface area contributed by atoms with Crippen LogP contribution in [-0.2, 0) is 11.2 Å². The number of fused-ring (bicyclic) bond motifs is 1. The van der Waals surface area contributed by atoms with E-state index in [1.165, 1.54) is 11.1 Å². The van der Waals surface area contributed by atoms with Gasteiger partial charge in [-0.2, -0.15) is 0 Å². The molecule has 5 heteroatoms. The minimum atomic E-state index is -0.00187. The molecule has 5 nitrogen and oxygen atoms in total. The van der Waals surface area contributed by atoms with E-state index >= 15 is 0 Å². The van der Waals surface area contributed by atoms with Crippen LogP contribution in [0.1, 0.15) is 37.1 Å². The Balaban J connectivity index is 1.87. The minimum absolute atomic E-state index is 0.00187. The molecule has 0 radical (unpaired) electrons. The SMILES string of the molecule is CCN(CC)CCCNC(=O)Cc1noc2cc(C)c(C)cc12. The van der Waals surface area contributed by atoms with Gasteiger partial charge < -0.3 is 14.7 Å². The maximum atomic E-state index is 12.1. The van der Waals surface area contributed by atoms with Crippen molar-refractivity contribution in [2.45, 2.75) is 40.5 Å². The number of amides is 1. The first-order valence-corrected chi connectivity index (χ1v) is 8.39. The van der Waals surface area contributed by atoms with Gasteiger partial charge in [0.25, 0.3) is 0 Å². The van der Waals surface area contributed by atoms with E-state index in [2.05, 4.69) is 36.1 Å². The van der Waals surface area contributed by atoms with E-state index in [4.69, 9.17) is 4.52 Å². The van der Waals surface area contributed by atoms with E-state index in [1.54, 1.807) is 0 Å². The predicted octanol–water partition coefficient (Wildman–Crippen LogP) is 2.84. The summed E-state index contributed by atoms with van der Waals surface area (Å²) in [5.41, 5.74) is 3.81. The van der Waals surface area contributed by atoms with E-state index in [0.29, 0.717) is 12.2 Å². The molecule has 0 fully saturated rings. The lowest BCUT2D eigenvalue weighted by atomic mass is 10.1. The van der Waals surface area contributed by atoms with Gasteiger partial charge in [0, 0.05) is 11.9 Å². The fourth-order valence-electron chi connectivity index (χ4n) is 2.66. The van der Waals surface area contributed by atoms with Crippen LogP contribution in [0, 0.1) is 13.8 Å². The molecule has 2 rings (SSSR count). The highest BCUT2D eigenvalue weighted by atomic mass is 16.5. The van der Waals surface area contributed by atoms with Gasteiger partial charge in [-0.15, -0.1) is 0 Å². The number of aromatic nitrogens is 1. The van der Waals surface area contributed by atoms with Crippen LogP contribution in [0.4, 0.5) is 0 Å². The van der Waals surface area contributed by atoms with Gasteiger partial charge in [-0.3, -0.25) is 4.79 Å². The Morgan fingerprint density at radius 1 is 1.22 bits per heavy atom. The van der Waals surface area contributed by atoms with Crippen molar-refractivity contribution in [3.63, 3.8) is 0 Å². The third kappa shape index (κ3) is 4.55. The Kier molecular flexibility index (Phi) is 6.16. The molecule has 0 saturated heterocycles. The second kappa shape index (κ2) is 8.11. The summed E-state index contributed by atoms with van der Waals surface area (Å²) in [7, 11) is 0. The number of nitrogens with zero attached hydrogens (tertiary/aromatic N) is 2. The lowest BCUT2D eigenvalue weighted by molar-refractivity contribution is -0.120. The zero-order valence-electron chi connectivity index (χ0n) is 14.6. The summed E-state index contributed by atoms with van der Waals surface area (Å²) in [4.78, 5) is 14.4. The van der Waals surface area contributed by atoms with Crippen LogP contribution >= 0.6 is 0 Å². The smallest absolute Gasteiger partial charge is 0.226 e. The van der Waals surface area contributed by atoms with Crippen LogP contribution in [0.3, 0.4) is 0 Å². The van der Waals surface area contributed by atoms with Gasteiger partial charge in [-0.05, 0) is 63.2 Å². The fraction of sp³-hybridized carbons (Fsp3) is 0.556. The summed E-state index contributed by atoms with van der Waals surface area (Å²) in [6.45, 7) is 12.2. The average Bonchev–Trinajstić information content (AvgIpc) is 2.90. The highest BCUT2D eigenvalue weighted by molar-refractivity contribution is 5.87. The van der Waals surface area contributed by atoms with Gasteiger partial charge in [0.15, 0.2) is 5.58 Å². The van der Waals surface area contributed by atoms with Crippen LogP contribution in [0.25, 0.3) is 11.0 Å². The first-order chi connectivity index (χ1) is 11.0. The first kappa shape index (κ1) is 17.5. The second-order valence-corrected chi connectivity index (χ2v) is 5.97. The van der Waals surface area contributed by atoms with Crippen molar-refractivity contribution in [2.24, 2.45) is 0 Å². The number of nitrogens with one attached hydrogen (secondary N) is 1. The van der Waals surface area contributed by atoms with Gasteiger partial charge in [0.1, 0.15) is 5.69 Å². The molecular weight excluding hydrogens is 290 g/mol. The molecule has 0 spiro atoms. The zero-order valence-corrected chi connectivity index (χ0v) is 14.6. The molecule has 1 amide bonds. The van der Waals surface area contributed by atoms with E-state index in [-0.39, 0.29) is 12.3 Å². The molecule has 0 aliphatic carbocycles. The van der Waals surface area contributed by atoms with Crippen molar-refractivity contribution in [1.29, 1.82) is 0 Å². The van der Waals surface area contributed by atoms with E-state index in [0.717, 1.165) is 37.0 Å². The van der Waals surface area contributed by atoms with Crippen molar-refractivity contribution in [2.75, 3.05) is 26.2 Å². The molecule has 1 aromatic heterocycles. The Bertz CT molecular complexity index is 660. The number of rotatable bonds is 8. The van der Waals surface area contributed by atoms with Gasteiger partial charge in [-0.1, -0.05) is 19.0 Å². The molecular formula is C18H27N3O2. The van der Waals surface area contributed by atoms with Crippen molar-refractivity contribution >= 4 is 16.9 Å². The van der Waals surface area contributed by atoms with Crippen molar-refractivity contribution in [1.82, 2.24) is 15.4 Å². The lowest BCUT2D eigenvalue weighted by Gasteiger charge is -2.17. The van der Waals surface area contributed by atoms with Crippen molar-refractivity contribution in [3.8, 4) is 0 Å². The number of aryl methyl sites for hydroxylation is 2.